The van der Waals surface area contributed by atoms with Gasteiger partial charge in [0.25, 0.3) is 0 Å². The van der Waals surface area contributed by atoms with Gasteiger partial charge in [0.2, 0.25) is 5.91 Å². The maximum absolute atomic E-state index is 14.0. The third-order valence-corrected chi connectivity index (χ3v) is 4.08. The molecule has 1 aliphatic rings. The first-order valence-electron chi connectivity index (χ1n) is 7.01. The predicted molar refractivity (Wildman–Crippen MR) is 77.7 cm³/mol. The molecule has 0 bridgehead atoms. The van der Waals surface area contributed by atoms with E-state index >= 15 is 0 Å². The number of nitrogens with zero attached hydrogens (tertiary/aromatic N) is 1. The largest absolute Gasteiger partial charge is 0.369 e. The van der Waals surface area contributed by atoms with E-state index in [1.165, 1.54) is 6.07 Å². The summed E-state index contributed by atoms with van der Waals surface area (Å²) in [7, 11) is 0. The molecular weight excluding hydrogens is 257 g/mol. The Kier molecular flexibility index (Phi) is 4.28. The van der Waals surface area contributed by atoms with E-state index < -0.39 is 6.04 Å². The lowest BCUT2D eigenvalue weighted by molar-refractivity contribution is -0.122. The number of nitrogens with two attached hydrogens (primary N) is 2. The van der Waals surface area contributed by atoms with Crippen molar-refractivity contribution in [2.24, 2.45) is 17.4 Å². The summed E-state index contributed by atoms with van der Waals surface area (Å²) in [5, 5.41) is 0. The van der Waals surface area contributed by atoms with Crippen molar-refractivity contribution >= 4 is 11.6 Å². The number of benzene rings is 1. The molecule has 3 atom stereocenters. The van der Waals surface area contributed by atoms with Crippen LogP contribution in [0, 0.1) is 11.7 Å². The maximum atomic E-state index is 14.0. The fourth-order valence-corrected chi connectivity index (χ4v) is 2.90. The van der Waals surface area contributed by atoms with Gasteiger partial charge in [-0.25, -0.2) is 4.39 Å². The molecule has 1 fully saturated rings. The van der Waals surface area contributed by atoms with Crippen molar-refractivity contribution in [1.29, 1.82) is 0 Å². The molecule has 1 aliphatic heterocycles. The molecule has 2 rings (SSSR count). The summed E-state index contributed by atoms with van der Waals surface area (Å²) in [6.07, 6.45) is 1.65. The van der Waals surface area contributed by atoms with Crippen molar-refractivity contribution in [2.45, 2.75) is 38.8 Å². The smallest absolute Gasteiger partial charge is 0.222 e. The van der Waals surface area contributed by atoms with Crippen molar-refractivity contribution in [3.8, 4) is 0 Å². The molecular formula is C15H22FN3O. The highest BCUT2D eigenvalue weighted by Gasteiger charge is 2.30. The molecule has 5 heteroatoms. The topological polar surface area (TPSA) is 72.4 Å². The van der Waals surface area contributed by atoms with Gasteiger partial charge in [-0.05, 0) is 38.8 Å². The van der Waals surface area contributed by atoms with Crippen molar-refractivity contribution in [3.63, 3.8) is 0 Å². The molecule has 2 unspecified atom stereocenters. The van der Waals surface area contributed by atoms with Crippen molar-refractivity contribution in [1.82, 2.24) is 0 Å². The number of anilines is 1. The second-order valence-corrected chi connectivity index (χ2v) is 5.64. The van der Waals surface area contributed by atoms with Gasteiger partial charge in [-0.3, -0.25) is 4.79 Å². The highest BCUT2D eigenvalue weighted by atomic mass is 19.1. The van der Waals surface area contributed by atoms with E-state index in [4.69, 9.17) is 11.5 Å². The van der Waals surface area contributed by atoms with Gasteiger partial charge < -0.3 is 16.4 Å². The number of rotatable bonds is 3. The van der Waals surface area contributed by atoms with E-state index in [9.17, 15) is 9.18 Å². The molecule has 0 radical (unpaired) electrons. The number of hydrogen-bond acceptors (Lipinski definition) is 3. The first kappa shape index (κ1) is 14.8. The molecule has 110 valence electrons. The Hall–Kier alpha value is -1.62. The second-order valence-electron chi connectivity index (χ2n) is 5.64. The van der Waals surface area contributed by atoms with Gasteiger partial charge in [0, 0.05) is 29.9 Å². The standard InChI is InChI=1S/C15H22FN3O/c1-9-6-7-11(15(18)20)8-19(9)13-5-3-4-12(16)14(13)10(2)17/h3-5,9-11H,6-8,17H2,1-2H3,(H2,18,20)/t9?,10-,11?/m0/s1. The SMILES string of the molecule is CC1CCC(C(N)=O)CN1c1cccc(F)c1[C@H](C)N. The summed E-state index contributed by atoms with van der Waals surface area (Å²) in [5.41, 5.74) is 12.6. The molecule has 0 spiro atoms. The van der Waals surface area contributed by atoms with Crippen LogP contribution in [0.3, 0.4) is 0 Å². The average molecular weight is 279 g/mol. The summed E-state index contributed by atoms with van der Waals surface area (Å²) in [6, 6.07) is 4.80. The first-order chi connectivity index (χ1) is 9.41. The van der Waals surface area contributed by atoms with Crippen LogP contribution in [0.5, 0.6) is 0 Å². The molecule has 1 heterocycles. The van der Waals surface area contributed by atoms with E-state index in [1.807, 2.05) is 6.07 Å². The quantitative estimate of drug-likeness (QED) is 0.888. The van der Waals surface area contributed by atoms with E-state index in [0.29, 0.717) is 12.1 Å². The number of amides is 1. The number of primary amides is 1. The van der Waals surface area contributed by atoms with Crippen molar-refractivity contribution < 1.29 is 9.18 Å². The van der Waals surface area contributed by atoms with Crippen LogP contribution in [-0.2, 0) is 4.79 Å². The zero-order valence-corrected chi connectivity index (χ0v) is 12.0. The lowest BCUT2D eigenvalue weighted by Gasteiger charge is -2.40. The maximum Gasteiger partial charge on any atom is 0.222 e. The fourth-order valence-electron chi connectivity index (χ4n) is 2.90. The first-order valence-corrected chi connectivity index (χ1v) is 7.01. The number of carbonyl (C=O) groups excluding carboxylic acids is 1. The summed E-state index contributed by atoms with van der Waals surface area (Å²) in [6.45, 7) is 4.37. The number of piperidine rings is 1. The highest BCUT2D eigenvalue weighted by molar-refractivity contribution is 5.78. The van der Waals surface area contributed by atoms with Crippen LogP contribution in [0.2, 0.25) is 0 Å². The number of hydrogen-bond donors (Lipinski definition) is 2. The lowest BCUT2D eigenvalue weighted by Crippen LogP contribution is -2.46. The molecule has 4 nitrogen and oxygen atoms in total. The van der Waals surface area contributed by atoms with E-state index in [1.54, 1.807) is 13.0 Å². The van der Waals surface area contributed by atoms with Gasteiger partial charge in [0.1, 0.15) is 5.82 Å². The Morgan fingerprint density at radius 3 is 2.75 bits per heavy atom. The van der Waals surface area contributed by atoms with Gasteiger partial charge in [0.15, 0.2) is 0 Å². The molecule has 4 N–H and O–H groups in total. The van der Waals surface area contributed by atoms with Gasteiger partial charge in [-0.15, -0.1) is 0 Å². The Morgan fingerprint density at radius 1 is 1.45 bits per heavy atom. The van der Waals surface area contributed by atoms with Crippen LogP contribution < -0.4 is 16.4 Å². The zero-order chi connectivity index (χ0) is 14.9. The minimum atomic E-state index is -0.396. The van der Waals surface area contributed by atoms with Gasteiger partial charge in [-0.2, -0.15) is 0 Å². The van der Waals surface area contributed by atoms with Crippen LogP contribution >= 0.6 is 0 Å². The monoisotopic (exact) mass is 279 g/mol. The predicted octanol–water partition coefficient (Wildman–Crippen LogP) is 1.94. The lowest BCUT2D eigenvalue weighted by atomic mass is 9.91. The van der Waals surface area contributed by atoms with Crippen molar-refractivity contribution in [3.05, 3.63) is 29.6 Å². The van der Waals surface area contributed by atoms with Crippen molar-refractivity contribution in [2.75, 3.05) is 11.4 Å². The normalized spacial score (nSPS) is 24.5. The van der Waals surface area contributed by atoms with Gasteiger partial charge in [0.05, 0.1) is 5.92 Å². The molecule has 1 aromatic carbocycles. The highest BCUT2D eigenvalue weighted by Crippen LogP contribution is 2.33. The van der Waals surface area contributed by atoms with E-state index in [-0.39, 0.29) is 23.7 Å². The zero-order valence-electron chi connectivity index (χ0n) is 12.0. The minimum absolute atomic E-state index is 0.185. The summed E-state index contributed by atoms with van der Waals surface area (Å²) in [4.78, 5) is 13.5. The van der Waals surface area contributed by atoms with Crippen LogP contribution in [0.25, 0.3) is 0 Å². The van der Waals surface area contributed by atoms with Crippen LogP contribution in [0.15, 0.2) is 18.2 Å². The third kappa shape index (κ3) is 2.77. The Bertz CT molecular complexity index is 504. The summed E-state index contributed by atoms with van der Waals surface area (Å²) < 4.78 is 14.0. The Labute approximate surface area is 118 Å². The fraction of sp³-hybridized carbons (Fsp3) is 0.533. The molecule has 0 aromatic heterocycles. The molecule has 0 saturated carbocycles. The number of halogens is 1. The molecule has 1 amide bonds. The van der Waals surface area contributed by atoms with E-state index in [2.05, 4.69) is 11.8 Å². The van der Waals surface area contributed by atoms with E-state index in [0.717, 1.165) is 18.5 Å². The molecule has 1 saturated heterocycles. The third-order valence-electron chi connectivity index (χ3n) is 4.08. The average Bonchev–Trinajstić information content (AvgIpc) is 2.38. The molecule has 20 heavy (non-hydrogen) atoms. The molecule has 1 aromatic rings. The van der Waals surface area contributed by atoms with Crippen LogP contribution in [0.4, 0.5) is 10.1 Å². The second kappa shape index (κ2) is 5.79. The van der Waals surface area contributed by atoms with Gasteiger partial charge in [-0.1, -0.05) is 6.07 Å². The van der Waals surface area contributed by atoms with Crippen LogP contribution in [-0.4, -0.2) is 18.5 Å². The summed E-state index contributed by atoms with van der Waals surface area (Å²) >= 11 is 0. The minimum Gasteiger partial charge on any atom is -0.369 e. The Balaban J connectivity index is 2.38. The Morgan fingerprint density at radius 2 is 2.15 bits per heavy atom. The molecule has 0 aliphatic carbocycles. The van der Waals surface area contributed by atoms with Crippen LogP contribution in [0.1, 0.15) is 38.3 Å². The summed E-state index contributed by atoms with van der Waals surface area (Å²) in [5.74, 6) is -0.776. The van der Waals surface area contributed by atoms with Gasteiger partial charge >= 0.3 is 0 Å². The number of carbonyl (C=O) groups is 1.